The molecule has 0 bridgehead atoms. The Hall–Kier alpha value is -0.430. The summed E-state index contributed by atoms with van der Waals surface area (Å²) in [6, 6.07) is 0. The summed E-state index contributed by atoms with van der Waals surface area (Å²) in [6.07, 6.45) is 1.14. The van der Waals surface area contributed by atoms with Crippen molar-refractivity contribution in [3.63, 3.8) is 0 Å². The number of hydrogen-bond acceptors (Lipinski definition) is 5. The van der Waals surface area contributed by atoms with Crippen LogP contribution in [-0.2, 0) is 23.5 Å². The van der Waals surface area contributed by atoms with Gasteiger partial charge in [0.15, 0.2) is 0 Å². The number of allylic oxidation sites excluding steroid dienone is 1. The molecular weight excluding hydrogens is 196 g/mol. The molecular formula is C7H14O5S. The fourth-order valence-corrected chi connectivity index (χ4v) is 1.12. The van der Waals surface area contributed by atoms with Gasteiger partial charge in [-0.15, -0.1) is 6.58 Å². The zero-order valence-electron chi connectivity index (χ0n) is 7.73. The highest BCUT2D eigenvalue weighted by atomic mass is 32.3. The van der Waals surface area contributed by atoms with Crippen molar-refractivity contribution < 1.29 is 21.5 Å². The summed E-state index contributed by atoms with van der Waals surface area (Å²) in [5.74, 6) is 0. The molecule has 1 saturated heterocycles. The van der Waals surface area contributed by atoms with Crippen molar-refractivity contribution in [3.05, 3.63) is 12.7 Å². The predicted molar refractivity (Wildman–Crippen MR) is 47.2 cm³/mol. The van der Waals surface area contributed by atoms with Crippen molar-refractivity contribution in [2.45, 2.75) is 20.1 Å². The van der Waals surface area contributed by atoms with E-state index in [2.05, 4.69) is 19.7 Å². The van der Waals surface area contributed by atoms with Crippen LogP contribution in [0.5, 0.6) is 0 Å². The van der Waals surface area contributed by atoms with E-state index < -0.39 is 16.7 Å². The third kappa shape index (κ3) is 7.92. The van der Waals surface area contributed by atoms with E-state index >= 15 is 0 Å². The summed E-state index contributed by atoms with van der Waals surface area (Å²) in [6.45, 7) is 7.22. The van der Waals surface area contributed by atoms with E-state index in [1.165, 1.54) is 0 Å². The average Bonchev–Trinajstić information content (AvgIpc) is 2.71. The van der Waals surface area contributed by atoms with Gasteiger partial charge in [0, 0.05) is 0 Å². The van der Waals surface area contributed by atoms with Gasteiger partial charge in [-0.25, -0.2) is 8.37 Å². The maximum atomic E-state index is 10.6. The topological polar surface area (TPSA) is 65.1 Å². The zero-order valence-corrected chi connectivity index (χ0v) is 8.54. The van der Waals surface area contributed by atoms with Gasteiger partial charge in [-0.05, 0) is 13.8 Å². The molecule has 1 heterocycles. The van der Waals surface area contributed by atoms with Crippen molar-refractivity contribution in [2.24, 2.45) is 0 Å². The van der Waals surface area contributed by atoms with Gasteiger partial charge in [0.05, 0.1) is 6.61 Å². The van der Waals surface area contributed by atoms with Gasteiger partial charge in [-0.1, -0.05) is 6.08 Å². The van der Waals surface area contributed by atoms with E-state index in [-0.39, 0.29) is 6.61 Å². The predicted octanol–water partition coefficient (Wildman–Crippen LogP) is 0.833. The molecule has 0 aliphatic carbocycles. The number of rotatable bonds is 4. The van der Waals surface area contributed by atoms with Gasteiger partial charge in [0.25, 0.3) is 0 Å². The highest BCUT2D eigenvalue weighted by Gasteiger charge is 2.30. The third-order valence-corrected chi connectivity index (χ3v) is 1.76. The highest BCUT2D eigenvalue weighted by molar-refractivity contribution is 7.81. The first kappa shape index (κ1) is 12.6. The second-order valence-electron chi connectivity index (χ2n) is 2.08. The van der Waals surface area contributed by atoms with Crippen LogP contribution < -0.4 is 0 Å². The van der Waals surface area contributed by atoms with Crippen molar-refractivity contribution in [1.82, 2.24) is 0 Å². The van der Waals surface area contributed by atoms with Crippen LogP contribution in [0.25, 0.3) is 0 Å². The molecule has 1 rings (SSSR count). The van der Waals surface area contributed by atoms with E-state index in [0.29, 0.717) is 6.61 Å². The van der Waals surface area contributed by atoms with E-state index in [9.17, 15) is 8.42 Å². The molecule has 0 radical (unpaired) electrons. The number of epoxide rings is 1. The fraction of sp³-hybridized carbons (Fsp3) is 0.714. The first-order valence-electron chi connectivity index (χ1n) is 3.82. The second kappa shape index (κ2) is 6.09. The first-order valence-corrected chi connectivity index (χ1v) is 5.15. The molecule has 1 fully saturated rings. The minimum atomic E-state index is -3.79. The molecule has 13 heavy (non-hydrogen) atoms. The van der Waals surface area contributed by atoms with Crippen LogP contribution in [0, 0.1) is 0 Å². The summed E-state index contributed by atoms with van der Waals surface area (Å²) in [5, 5.41) is 0. The normalized spacial score (nSPS) is 20.0. The van der Waals surface area contributed by atoms with Crippen molar-refractivity contribution in [3.8, 4) is 0 Å². The quantitative estimate of drug-likeness (QED) is 0.508. The highest BCUT2D eigenvalue weighted by Crippen LogP contribution is 2.14. The summed E-state index contributed by atoms with van der Waals surface area (Å²) in [5.41, 5.74) is 0. The maximum Gasteiger partial charge on any atom is 0.402 e. The molecule has 0 aromatic carbocycles. The second-order valence-corrected chi connectivity index (χ2v) is 3.33. The Bertz CT molecular complexity index is 229. The van der Waals surface area contributed by atoms with Gasteiger partial charge in [-0.2, -0.15) is 8.42 Å². The standard InChI is InChI=1S/C4H8O5S.C3H6/c1-2-8-10(5,6)9-4-3-7-4;1-3-2/h4H,2-3H2,1H3;3H,1H2,2H3. The molecule has 6 heteroatoms. The molecule has 1 aliphatic rings. The van der Waals surface area contributed by atoms with Crippen LogP contribution in [0.2, 0.25) is 0 Å². The Labute approximate surface area is 78.6 Å². The molecule has 0 saturated carbocycles. The molecule has 1 aliphatic heterocycles. The molecule has 78 valence electrons. The van der Waals surface area contributed by atoms with Crippen molar-refractivity contribution in [2.75, 3.05) is 13.2 Å². The number of ether oxygens (including phenoxy) is 1. The first-order chi connectivity index (χ1) is 6.05. The lowest BCUT2D eigenvalue weighted by atomic mass is 10.8. The molecule has 0 spiro atoms. The largest absolute Gasteiger partial charge is 0.402 e. The molecule has 0 amide bonds. The Balaban J connectivity index is 0.000000424. The number of hydrogen-bond donors (Lipinski definition) is 0. The van der Waals surface area contributed by atoms with Crippen LogP contribution in [0.3, 0.4) is 0 Å². The van der Waals surface area contributed by atoms with E-state index in [0.717, 1.165) is 0 Å². The summed E-state index contributed by atoms with van der Waals surface area (Å²) < 4.78 is 34.2. The van der Waals surface area contributed by atoms with Gasteiger partial charge >= 0.3 is 10.4 Å². The Morgan fingerprint density at radius 1 is 1.69 bits per heavy atom. The van der Waals surface area contributed by atoms with Crippen LogP contribution in [-0.4, -0.2) is 27.9 Å². The lowest BCUT2D eigenvalue weighted by molar-refractivity contribution is 0.147. The molecule has 0 aromatic rings. The lowest BCUT2D eigenvalue weighted by Crippen LogP contribution is -2.11. The van der Waals surface area contributed by atoms with Gasteiger partial charge < -0.3 is 4.74 Å². The van der Waals surface area contributed by atoms with Crippen LogP contribution in [0.4, 0.5) is 0 Å². The molecule has 1 atom stereocenters. The van der Waals surface area contributed by atoms with Crippen LogP contribution in [0.1, 0.15) is 13.8 Å². The Morgan fingerprint density at radius 2 is 2.15 bits per heavy atom. The Kier molecular flexibility index (Phi) is 5.89. The molecule has 0 N–H and O–H groups in total. The van der Waals surface area contributed by atoms with Gasteiger partial charge in [0.1, 0.15) is 6.61 Å². The maximum absolute atomic E-state index is 10.6. The molecule has 0 aromatic heterocycles. The SMILES string of the molecule is C=CC.CCOS(=O)(=O)OC1CO1. The van der Waals surface area contributed by atoms with E-state index in [1.54, 1.807) is 13.0 Å². The summed E-state index contributed by atoms with van der Waals surface area (Å²) >= 11 is 0. The van der Waals surface area contributed by atoms with Crippen LogP contribution >= 0.6 is 0 Å². The molecule has 1 unspecified atom stereocenters. The monoisotopic (exact) mass is 210 g/mol. The minimum Gasteiger partial charge on any atom is -0.344 e. The van der Waals surface area contributed by atoms with Crippen molar-refractivity contribution in [1.29, 1.82) is 0 Å². The zero-order chi connectivity index (χ0) is 10.3. The Morgan fingerprint density at radius 3 is 2.46 bits per heavy atom. The van der Waals surface area contributed by atoms with Gasteiger partial charge in [-0.3, -0.25) is 0 Å². The van der Waals surface area contributed by atoms with Crippen molar-refractivity contribution >= 4 is 10.4 Å². The van der Waals surface area contributed by atoms with E-state index in [1.807, 2.05) is 6.92 Å². The van der Waals surface area contributed by atoms with Gasteiger partial charge in [0.2, 0.25) is 6.29 Å². The third-order valence-electron chi connectivity index (χ3n) is 0.790. The molecule has 5 nitrogen and oxygen atoms in total. The minimum absolute atomic E-state index is 0.0784. The smallest absolute Gasteiger partial charge is 0.344 e. The van der Waals surface area contributed by atoms with E-state index in [4.69, 9.17) is 0 Å². The summed E-state index contributed by atoms with van der Waals surface area (Å²) in [7, 11) is -3.79. The average molecular weight is 210 g/mol. The fourth-order valence-electron chi connectivity index (χ4n) is 0.398. The lowest BCUT2D eigenvalue weighted by Gasteiger charge is -1.98. The van der Waals surface area contributed by atoms with Crippen LogP contribution in [0.15, 0.2) is 12.7 Å². The summed E-state index contributed by atoms with van der Waals surface area (Å²) in [4.78, 5) is 0.